The molecule has 4 atom stereocenters. The number of hydroxylamine groups is 1. The second-order valence-corrected chi connectivity index (χ2v) is 12.3. The second-order valence-electron chi connectivity index (χ2n) is 10.5. The number of Topliss-reactive ketones (excluding diaryl/α,β-unsaturated/α-hetero) is 2. The third-order valence-corrected chi connectivity index (χ3v) is 9.25. The first-order valence-electron chi connectivity index (χ1n) is 11.5. The summed E-state index contributed by atoms with van der Waals surface area (Å²) >= 11 is 0. The van der Waals surface area contributed by atoms with E-state index in [1.54, 1.807) is 13.8 Å². The zero-order chi connectivity index (χ0) is 26.8. The number of aliphatic carboxylic acids is 1. The summed E-state index contributed by atoms with van der Waals surface area (Å²) in [4.78, 5) is 60.8. The molecule has 0 aromatic carbocycles. The van der Waals surface area contributed by atoms with Crippen LogP contribution in [0.2, 0.25) is 0 Å². The Hall–Kier alpha value is -2.38. The Balaban J connectivity index is 2.09. The van der Waals surface area contributed by atoms with Crippen molar-refractivity contribution in [3.63, 3.8) is 0 Å². The lowest BCUT2D eigenvalue weighted by molar-refractivity contribution is -0.141. The van der Waals surface area contributed by atoms with Gasteiger partial charge in [-0.15, -0.1) is 0 Å². The fourth-order valence-corrected chi connectivity index (χ4v) is 7.15. The van der Waals surface area contributed by atoms with Crippen molar-refractivity contribution in [2.45, 2.75) is 65.8 Å². The molecule has 2 saturated carbocycles. The number of sulfonamides is 1. The van der Waals surface area contributed by atoms with Crippen LogP contribution in [0.4, 0.5) is 0 Å². The van der Waals surface area contributed by atoms with Crippen molar-refractivity contribution in [1.82, 2.24) is 15.5 Å². The minimum absolute atomic E-state index is 0.0990. The first-order valence-corrected chi connectivity index (χ1v) is 13.2. The van der Waals surface area contributed by atoms with Gasteiger partial charge in [0, 0.05) is 24.2 Å². The number of ketones is 2. The molecule has 2 bridgehead atoms. The summed E-state index contributed by atoms with van der Waals surface area (Å²) in [7, 11) is -4.08. The van der Waals surface area contributed by atoms with Crippen LogP contribution in [0.15, 0.2) is 0 Å². The van der Waals surface area contributed by atoms with Crippen LogP contribution in [0.5, 0.6) is 0 Å². The van der Waals surface area contributed by atoms with Gasteiger partial charge in [-0.2, -0.15) is 0 Å². The Kier molecular flexibility index (Phi) is 8.83. The largest absolute Gasteiger partial charge is 0.481 e. The first-order chi connectivity index (χ1) is 16.1. The summed E-state index contributed by atoms with van der Waals surface area (Å²) in [6.07, 6.45) is 0.354. The lowest BCUT2D eigenvalue weighted by atomic mass is 9.70. The van der Waals surface area contributed by atoms with Crippen LogP contribution < -0.4 is 15.5 Å². The highest BCUT2D eigenvalue weighted by Gasteiger charge is 2.65. The highest BCUT2D eigenvalue weighted by atomic mass is 32.2. The van der Waals surface area contributed by atoms with Gasteiger partial charge in [0.25, 0.3) is 0 Å². The highest BCUT2D eigenvalue weighted by molar-refractivity contribution is 7.89. The molecule has 0 aliphatic heterocycles. The molecule has 2 aliphatic carbocycles. The van der Waals surface area contributed by atoms with E-state index >= 15 is 0 Å². The van der Waals surface area contributed by atoms with E-state index in [1.165, 1.54) is 5.48 Å². The van der Waals surface area contributed by atoms with Crippen molar-refractivity contribution in [2.24, 2.45) is 28.6 Å². The average molecular weight is 518 g/mol. The molecule has 13 heteroatoms. The molecule has 0 aromatic rings. The van der Waals surface area contributed by atoms with E-state index in [2.05, 4.69) is 10.0 Å². The van der Waals surface area contributed by atoms with Crippen LogP contribution in [0.3, 0.4) is 0 Å². The molecule has 198 valence electrons. The number of rotatable bonds is 13. The molecule has 0 saturated heterocycles. The molecule has 2 amide bonds. The third kappa shape index (κ3) is 6.25. The van der Waals surface area contributed by atoms with Gasteiger partial charge in [0.05, 0.1) is 24.8 Å². The summed E-state index contributed by atoms with van der Waals surface area (Å²) in [6, 6.07) is -1.54. The van der Waals surface area contributed by atoms with Crippen molar-refractivity contribution in [3.05, 3.63) is 0 Å². The van der Waals surface area contributed by atoms with Gasteiger partial charge in [0.15, 0.2) is 5.78 Å². The van der Waals surface area contributed by atoms with Crippen LogP contribution in [-0.4, -0.2) is 66.4 Å². The Bertz CT molecular complexity index is 992. The fraction of sp³-hybridized carbons (Fsp3) is 0.773. The average Bonchev–Trinajstić information content (AvgIpc) is 3.08. The molecule has 0 heterocycles. The molecule has 4 unspecified atom stereocenters. The van der Waals surface area contributed by atoms with Gasteiger partial charge in [0.2, 0.25) is 21.8 Å². The van der Waals surface area contributed by atoms with Crippen molar-refractivity contribution < 1.29 is 42.7 Å². The lowest BCUT2D eigenvalue weighted by Gasteiger charge is -2.36. The summed E-state index contributed by atoms with van der Waals surface area (Å²) in [5.74, 6) is -5.67. The fourth-order valence-electron chi connectivity index (χ4n) is 5.36. The molecule has 35 heavy (non-hydrogen) atoms. The molecule has 0 spiro atoms. The molecule has 2 rings (SSSR count). The van der Waals surface area contributed by atoms with Crippen LogP contribution in [0, 0.1) is 28.6 Å². The molecule has 12 nitrogen and oxygen atoms in total. The van der Waals surface area contributed by atoms with Crippen LogP contribution in [0.1, 0.15) is 59.8 Å². The topological polar surface area (TPSA) is 196 Å². The van der Waals surface area contributed by atoms with E-state index in [-0.39, 0.29) is 17.6 Å². The standard InChI is InChI=1S/C22H35N3O9S/c1-12(2)14(8-18(28)25-32)20(31)24-15(9-19(29)30)16(26)10-23-35(33,34)11-22-6-5-13(7-17(22)27)21(22,3)4/h12-15,23,32H,5-11H2,1-4H3,(H,24,31)(H,25,28)(H,29,30). The van der Waals surface area contributed by atoms with E-state index in [9.17, 15) is 37.5 Å². The molecule has 5 N–H and O–H groups in total. The zero-order valence-electron chi connectivity index (χ0n) is 20.4. The quantitative estimate of drug-likeness (QED) is 0.165. The minimum Gasteiger partial charge on any atom is -0.481 e. The van der Waals surface area contributed by atoms with Gasteiger partial charge in [-0.25, -0.2) is 18.6 Å². The summed E-state index contributed by atoms with van der Waals surface area (Å²) in [5, 5.41) is 20.2. The smallest absolute Gasteiger partial charge is 0.305 e. The zero-order valence-corrected chi connectivity index (χ0v) is 21.2. The maximum absolute atomic E-state index is 12.8. The number of hydrogen-bond donors (Lipinski definition) is 5. The maximum atomic E-state index is 12.8. The van der Waals surface area contributed by atoms with Crippen LogP contribution in [-0.2, 0) is 34.0 Å². The van der Waals surface area contributed by atoms with E-state index in [1.807, 2.05) is 13.8 Å². The van der Waals surface area contributed by atoms with Gasteiger partial charge in [-0.3, -0.25) is 29.2 Å². The highest BCUT2D eigenvalue weighted by Crippen LogP contribution is 2.64. The van der Waals surface area contributed by atoms with Gasteiger partial charge in [0.1, 0.15) is 5.78 Å². The van der Waals surface area contributed by atoms with E-state index in [0.717, 1.165) is 6.42 Å². The molecular weight excluding hydrogens is 482 g/mol. The minimum atomic E-state index is -4.08. The summed E-state index contributed by atoms with van der Waals surface area (Å²) in [5.41, 5.74) is -0.101. The van der Waals surface area contributed by atoms with Gasteiger partial charge in [-0.05, 0) is 30.1 Å². The number of carbonyl (C=O) groups is 5. The van der Waals surface area contributed by atoms with Crippen molar-refractivity contribution in [1.29, 1.82) is 0 Å². The molecule has 0 aromatic heterocycles. The Labute approximate surface area is 204 Å². The third-order valence-electron chi connectivity index (χ3n) is 7.80. The van der Waals surface area contributed by atoms with Crippen molar-refractivity contribution in [3.8, 4) is 0 Å². The maximum Gasteiger partial charge on any atom is 0.305 e. The number of nitrogens with one attached hydrogen (secondary N) is 3. The molecular formula is C22H35N3O9S. The Morgan fingerprint density at radius 1 is 1.14 bits per heavy atom. The molecule has 2 aliphatic rings. The molecule has 2 fully saturated rings. The first kappa shape index (κ1) is 28.9. The summed E-state index contributed by atoms with van der Waals surface area (Å²) < 4.78 is 27.8. The molecule has 0 radical (unpaired) electrons. The summed E-state index contributed by atoms with van der Waals surface area (Å²) in [6.45, 7) is 6.28. The van der Waals surface area contributed by atoms with Gasteiger partial charge in [-0.1, -0.05) is 27.7 Å². The number of carboxylic acids is 1. The predicted octanol–water partition coefficient (Wildman–Crippen LogP) is -0.00250. The van der Waals surface area contributed by atoms with Crippen LogP contribution >= 0.6 is 0 Å². The van der Waals surface area contributed by atoms with E-state index in [4.69, 9.17) is 5.21 Å². The number of amides is 2. The lowest BCUT2D eigenvalue weighted by Crippen LogP contribution is -2.50. The van der Waals surface area contributed by atoms with Crippen molar-refractivity contribution in [2.75, 3.05) is 12.3 Å². The van der Waals surface area contributed by atoms with E-state index < -0.39 is 81.5 Å². The second kappa shape index (κ2) is 10.7. The number of carbonyl (C=O) groups excluding carboxylic acids is 4. The van der Waals surface area contributed by atoms with E-state index in [0.29, 0.717) is 12.8 Å². The Morgan fingerprint density at radius 2 is 1.77 bits per heavy atom. The number of hydrogen-bond acceptors (Lipinski definition) is 8. The SMILES string of the molecule is CC(C)C(CC(=O)NO)C(=O)NC(CC(=O)O)C(=O)CNS(=O)(=O)CC12CCC(CC1=O)C2(C)C. The predicted molar refractivity (Wildman–Crippen MR) is 122 cm³/mol. The Morgan fingerprint density at radius 3 is 2.23 bits per heavy atom. The van der Waals surface area contributed by atoms with Gasteiger partial charge < -0.3 is 10.4 Å². The van der Waals surface area contributed by atoms with Crippen molar-refractivity contribution >= 4 is 39.4 Å². The number of fused-ring (bicyclic) bond motifs is 2. The monoisotopic (exact) mass is 517 g/mol. The number of carboxylic acid groups (broad SMARTS) is 1. The van der Waals surface area contributed by atoms with Crippen LogP contribution in [0.25, 0.3) is 0 Å². The van der Waals surface area contributed by atoms with Gasteiger partial charge >= 0.3 is 5.97 Å². The normalized spacial score (nSPS) is 24.7.